The normalized spacial score (nSPS) is 12.2. The lowest BCUT2D eigenvalue weighted by Gasteiger charge is -2.13. The molecule has 0 aliphatic rings. The summed E-state index contributed by atoms with van der Waals surface area (Å²) < 4.78 is 13.5. The number of aryl methyl sites for hydroxylation is 1. The maximum absolute atomic E-state index is 13.5. The largest absolute Gasteiger partial charge is 0.349 e. The Balaban J connectivity index is 2.73. The molecule has 3 N–H and O–H groups in total. The van der Waals surface area contributed by atoms with Gasteiger partial charge in [0.2, 0.25) is 0 Å². The zero-order valence-electron chi connectivity index (χ0n) is 9.59. The van der Waals surface area contributed by atoms with Gasteiger partial charge in [-0.1, -0.05) is 6.07 Å². The molecule has 1 aromatic rings. The predicted molar refractivity (Wildman–Crippen MR) is 61.7 cm³/mol. The van der Waals surface area contributed by atoms with Crippen molar-refractivity contribution in [2.75, 3.05) is 6.54 Å². The Morgan fingerprint density at radius 3 is 2.81 bits per heavy atom. The van der Waals surface area contributed by atoms with E-state index in [9.17, 15) is 9.18 Å². The average molecular weight is 224 g/mol. The van der Waals surface area contributed by atoms with Gasteiger partial charge in [-0.15, -0.1) is 0 Å². The Kier molecular flexibility index (Phi) is 4.43. The van der Waals surface area contributed by atoms with Gasteiger partial charge < -0.3 is 11.1 Å². The Morgan fingerprint density at radius 2 is 2.25 bits per heavy atom. The van der Waals surface area contributed by atoms with Crippen LogP contribution in [-0.4, -0.2) is 18.5 Å². The number of hydrogen-bond acceptors (Lipinski definition) is 2. The number of benzene rings is 1. The first kappa shape index (κ1) is 12.6. The van der Waals surface area contributed by atoms with E-state index in [1.165, 1.54) is 12.1 Å². The first-order chi connectivity index (χ1) is 7.54. The fourth-order valence-electron chi connectivity index (χ4n) is 1.43. The number of rotatable bonds is 4. The van der Waals surface area contributed by atoms with Crippen molar-refractivity contribution < 1.29 is 9.18 Å². The number of nitrogens with one attached hydrogen (secondary N) is 1. The molecule has 0 heterocycles. The molecule has 1 unspecified atom stereocenters. The smallest absolute Gasteiger partial charge is 0.254 e. The number of carbonyl (C=O) groups is 1. The van der Waals surface area contributed by atoms with Crippen molar-refractivity contribution in [2.45, 2.75) is 26.3 Å². The van der Waals surface area contributed by atoms with Crippen molar-refractivity contribution in [3.05, 3.63) is 35.1 Å². The summed E-state index contributed by atoms with van der Waals surface area (Å²) in [6.45, 7) is 4.12. The van der Waals surface area contributed by atoms with E-state index in [2.05, 4.69) is 5.32 Å². The van der Waals surface area contributed by atoms with Gasteiger partial charge in [-0.25, -0.2) is 4.39 Å². The maximum atomic E-state index is 13.5. The van der Waals surface area contributed by atoms with E-state index in [1.54, 1.807) is 13.0 Å². The molecule has 3 nitrogen and oxygen atoms in total. The summed E-state index contributed by atoms with van der Waals surface area (Å²) in [5.41, 5.74) is 6.24. The topological polar surface area (TPSA) is 55.1 Å². The van der Waals surface area contributed by atoms with Gasteiger partial charge in [0.05, 0.1) is 5.56 Å². The lowest BCUT2D eigenvalue weighted by Crippen LogP contribution is -2.34. The molecule has 1 amide bonds. The third-order valence-electron chi connectivity index (χ3n) is 2.35. The van der Waals surface area contributed by atoms with Gasteiger partial charge in [-0.05, 0) is 44.5 Å². The fourth-order valence-corrected chi connectivity index (χ4v) is 1.43. The van der Waals surface area contributed by atoms with Gasteiger partial charge in [0, 0.05) is 6.04 Å². The maximum Gasteiger partial charge on any atom is 0.254 e. The molecule has 0 bridgehead atoms. The van der Waals surface area contributed by atoms with Crippen LogP contribution in [0.25, 0.3) is 0 Å². The zero-order chi connectivity index (χ0) is 12.1. The number of halogens is 1. The second-order valence-electron chi connectivity index (χ2n) is 3.94. The third kappa shape index (κ3) is 3.31. The second-order valence-corrected chi connectivity index (χ2v) is 3.94. The lowest BCUT2D eigenvalue weighted by molar-refractivity contribution is 0.0935. The number of carbonyl (C=O) groups excluding carboxylic acids is 1. The van der Waals surface area contributed by atoms with Crippen LogP contribution < -0.4 is 11.1 Å². The first-order valence-electron chi connectivity index (χ1n) is 5.31. The average Bonchev–Trinajstić information content (AvgIpc) is 2.17. The van der Waals surface area contributed by atoms with Crippen LogP contribution in [0.4, 0.5) is 4.39 Å². The molecule has 16 heavy (non-hydrogen) atoms. The molecule has 1 rings (SSSR count). The molecule has 0 aliphatic heterocycles. The summed E-state index contributed by atoms with van der Waals surface area (Å²) in [5, 5.41) is 2.70. The molecule has 0 radical (unpaired) electrons. The summed E-state index contributed by atoms with van der Waals surface area (Å²) in [6, 6.07) is 4.52. The van der Waals surface area contributed by atoms with Crippen molar-refractivity contribution in [2.24, 2.45) is 5.73 Å². The highest BCUT2D eigenvalue weighted by Crippen LogP contribution is 2.10. The van der Waals surface area contributed by atoms with Crippen LogP contribution >= 0.6 is 0 Å². The van der Waals surface area contributed by atoms with Crippen LogP contribution in [0.3, 0.4) is 0 Å². The molecule has 0 saturated heterocycles. The fraction of sp³-hybridized carbons (Fsp3) is 0.417. The van der Waals surface area contributed by atoms with Gasteiger partial charge in [-0.2, -0.15) is 0 Å². The van der Waals surface area contributed by atoms with Gasteiger partial charge in [0.25, 0.3) is 5.91 Å². The van der Waals surface area contributed by atoms with Crippen LogP contribution in [0.1, 0.15) is 29.3 Å². The molecule has 0 spiro atoms. The molecule has 0 aliphatic carbocycles. The van der Waals surface area contributed by atoms with E-state index >= 15 is 0 Å². The molecule has 4 heteroatoms. The van der Waals surface area contributed by atoms with Gasteiger partial charge in [-0.3, -0.25) is 4.79 Å². The Labute approximate surface area is 94.8 Å². The van der Waals surface area contributed by atoms with Gasteiger partial charge in [0.1, 0.15) is 5.82 Å². The minimum Gasteiger partial charge on any atom is -0.349 e. The summed E-state index contributed by atoms with van der Waals surface area (Å²) in [5.74, 6) is -0.879. The SMILES string of the molecule is Cc1ccc(C(=O)NC(C)CCN)c(F)c1. The van der Waals surface area contributed by atoms with Crippen LogP contribution in [0, 0.1) is 12.7 Å². The molecule has 0 saturated carbocycles. The molecule has 88 valence electrons. The van der Waals surface area contributed by atoms with Crippen LogP contribution in [-0.2, 0) is 0 Å². The van der Waals surface area contributed by atoms with Gasteiger partial charge >= 0.3 is 0 Å². The van der Waals surface area contributed by atoms with E-state index in [-0.39, 0.29) is 11.6 Å². The molecule has 1 aromatic carbocycles. The monoisotopic (exact) mass is 224 g/mol. The summed E-state index contributed by atoms with van der Waals surface area (Å²) in [4.78, 5) is 11.7. The lowest BCUT2D eigenvalue weighted by atomic mass is 10.1. The van der Waals surface area contributed by atoms with E-state index in [4.69, 9.17) is 5.73 Å². The van der Waals surface area contributed by atoms with Crippen molar-refractivity contribution >= 4 is 5.91 Å². The van der Waals surface area contributed by atoms with E-state index in [1.807, 2.05) is 6.92 Å². The van der Waals surface area contributed by atoms with Crippen LogP contribution in [0.15, 0.2) is 18.2 Å². The second kappa shape index (κ2) is 5.61. The number of hydrogen-bond donors (Lipinski definition) is 2. The van der Waals surface area contributed by atoms with Crippen molar-refractivity contribution in [1.82, 2.24) is 5.32 Å². The standard InChI is InChI=1S/C12H17FN2O/c1-8-3-4-10(11(13)7-8)12(16)15-9(2)5-6-14/h3-4,7,9H,5-6,14H2,1-2H3,(H,15,16). The highest BCUT2D eigenvalue weighted by Gasteiger charge is 2.13. The van der Waals surface area contributed by atoms with Gasteiger partial charge in [0.15, 0.2) is 0 Å². The Hall–Kier alpha value is -1.42. The molecular weight excluding hydrogens is 207 g/mol. The molecule has 0 aromatic heterocycles. The minimum atomic E-state index is -0.488. The summed E-state index contributed by atoms with van der Waals surface area (Å²) in [6.07, 6.45) is 0.680. The quantitative estimate of drug-likeness (QED) is 0.816. The van der Waals surface area contributed by atoms with E-state index in [0.29, 0.717) is 13.0 Å². The minimum absolute atomic E-state index is 0.0433. The molecular formula is C12H17FN2O. The summed E-state index contributed by atoms with van der Waals surface area (Å²) >= 11 is 0. The van der Waals surface area contributed by atoms with Crippen LogP contribution in [0.5, 0.6) is 0 Å². The molecule has 1 atom stereocenters. The number of nitrogens with two attached hydrogens (primary N) is 1. The highest BCUT2D eigenvalue weighted by atomic mass is 19.1. The highest BCUT2D eigenvalue weighted by molar-refractivity contribution is 5.94. The van der Waals surface area contributed by atoms with Crippen molar-refractivity contribution in [3.63, 3.8) is 0 Å². The molecule has 0 fully saturated rings. The van der Waals surface area contributed by atoms with E-state index in [0.717, 1.165) is 5.56 Å². The Bertz CT molecular complexity index is 379. The third-order valence-corrected chi connectivity index (χ3v) is 2.35. The summed E-state index contributed by atoms with van der Waals surface area (Å²) in [7, 11) is 0. The predicted octanol–water partition coefficient (Wildman–Crippen LogP) is 1.60. The Morgan fingerprint density at radius 1 is 1.56 bits per heavy atom. The van der Waals surface area contributed by atoms with Crippen LogP contribution in [0.2, 0.25) is 0 Å². The number of amides is 1. The first-order valence-corrected chi connectivity index (χ1v) is 5.31. The van der Waals surface area contributed by atoms with Crippen molar-refractivity contribution in [1.29, 1.82) is 0 Å². The van der Waals surface area contributed by atoms with E-state index < -0.39 is 11.7 Å². The zero-order valence-corrected chi connectivity index (χ0v) is 9.59. The van der Waals surface area contributed by atoms with Crippen molar-refractivity contribution in [3.8, 4) is 0 Å².